The van der Waals surface area contributed by atoms with Crippen LogP contribution < -0.4 is 16.6 Å². The van der Waals surface area contributed by atoms with Gasteiger partial charge in [0.1, 0.15) is 0 Å². The first-order chi connectivity index (χ1) is 10.7. The number of imidazole rings is 1. The number of fused-ring (bicyclic) bond motifs is 2. The van der Waals surface area contributed by atoms with Gasteiger partial charge in [0.05, 0.1) is 0 Å². The lowest BCUT2D eigenvalue weighted by Crippen LogP contribution is -2.10. The summed E-state index contributed by atoms with van der Waals surface area (Å²) in [6.45, 7) is 0. The van der Waals surface area contributed by atoms with Gasteiger partial charge in [-0.05, 0) is 22.9 Å². The third kappa shape index (κ3) is 2.05. The summed E-state index contributed by atoms with van der Waals surface area (Å²) in [5.74, 6) is 0.482. The van der Waals surface area contributed by atoms with Gasteiger partial charge in [0, 0.05) is 5.69 Å². The number of benzene rings is 2. The number of aromatic amines is 2. The predicted molar refractivity (Wildman–Crippen MR) is 86.2 cm³/mol. The highest BCUT2D eigenvalue weighted by Gasteiger charge is 2.08. The Kier molecular flexibility index (Phi) is 2.59. The van der Waals surface area contributed by atoms with Crippen LogP contribution in [0.5, 0.6) is 0 Å². The van der Waals surface area contributed by atoms with Crippen molar-refractivity contribution >= 4 is 39.5 Å². The van der Waals surface area contributed by atoms with E-state index >= 15 is 0 Å². The fraction of sp³-hybridized carbons (Fsp3) is 0. The predicted octanol–water partition coefficient (Wildman–Crippen LogP) is 2.13. The minimum absolute atomic E-state index is 0.0428. The standard InChI is InChI=1S/C15H12N6O/c16-14-19-12-11(13(22)21-14)18-15(20-12)17-10-6-5-8-3-1-2-4-9(8)7-10/h1-7H,(H5,16,17,18,19,20,21,22). The van der Waals surface area contributed by atoms with Crippen molar-refractivity contribution in [2.24, 2.45) is 0 Å². The van der Waals surface area contributed by atoms with E-state index < -0.39 is 0 Å². The van der Waals surface area contributed by atoms with Crippen LogP contribution in [-0.2, 0) is 0 Å². The minimum Gasteiger partial charge on any atom is -0.369 e. The second kappa shape index (κ2) is 4.59. The molecule has 0 radical (unpaired) electrons. The number of anilines is 3. The Hall–Kier alpha value is -3.35. The molecule has 0 aliphatic carbocycles. The van der Waals surface area contributed by atoms with Crippen LogP contribution in [0.15, 0.2) is 47.3 Å². The minimum atomic E-state index is -0.346. The summed E-state index contributed by atoms with van der Waals surface area (Å²) in [5.41, 5.74) is 6.60. The molecular weight excluding hydrogens is 280 g/mol. The van der Waals surface area contributed by atoms with Crippen LogP contribution in [0.4, 0.5) is 17.6 Å². The molecule has 0 amide bonds. The normalized spacial score (nSPS) is 11.1. The lowest BCUT2D eigenvalue weighted by Gasteiger charge is -2.04. The molecule has 22 heavy (non-hydrogen) atoms. The molecular formula is C15H12N6O. The molecule has 0 atom stereocenters. The number of nitrogen functional groups attached to an aromatic ring is 1. The maximum Gasteiger partial charge on any atom is 0.278 e. The van der Waals surface area contributed by atoms with Gasteiger partial charge in [0.15, 0.2) is 11.2 Å². The number of nitrogens with two attached hydrogens (primary N) is 1. The Morgan fingerprint density at radius 2 is 1.82 bits per heavy atom. The van der Waals surface area contributed by atoms with Gasteiger partial charge in [0.25, 0.3) is 5.56 Å². The largest absolute Gasteiger partial charge is 0.369 e. The van der Waals surface area contributed by atoms with E-state index in [-0.39, 0.29) is 22.7 Å². The molecule has 0 aliphatic rings. The SMILES string of the molecule is Nc1nc2nc(Nc3ccc4ccccc4c3)[nH]c2c(=O)[nH]1. The molecule has 0 aliphatic heterocycles. The number of nitrogens with one attached hydrogen (secondary N) is 3. The molecule has 2 aromatic heterocycles. The van der Waals surface area contributed by atoms with Crippen LogP contribution in [0.2, 0.25) is 0 Å². The molecule has 2 heterocycles. The van der Waals surface area contributed by atoms with E-state index in [0.717, 1.165) is 16.5 Å². The van der Waals surface area contributed by atoms with Gasteiger partial charge in [-0.25, -0.2) is 0 Å². The van der Waals surface area contributed by atoms with Crippen molar-refractivity contribution in [1.29, 1.82) is 0 Å². The summed E-state index contributed by atoms with van der Waals surface area (Å²) < 4.78 is 0. The maximum absolute atomic E-state index is 11.8. The molecule has 4 aromatic rings. The summed E-state index contributed by atoms with van der Waals surface area (Å²) in [5, 5.41) is 5.40. The third-order valence-electron chi connectivity index (χ3n) is 3.39. The number of H-pyrrole nitrogens is 2. The van der Waals surface area contributed by atoms with Crippen molar-refractivity contribution in [2.45, 2.75) is 0 Å². The molecule has 0 unspecified atom stereocenters. The van der Waals surface area contributed by atoms with Crippen LogP contribution in [0.3, 0.4) is 0 Å². The van der Waals surface area contributed by atoms with Crippen molar-refractivity contribution in [3.05, 3.63) is 52.8 Å². The number of nitrogens with zero attached hydrogens (tertiary/aromatic N) is 2. The first-order valence-electron chi connectivity index (χ1n) is 6.70. The molecule has 2 aromatic carbocycles. The zero-order chi connectivity index (χ0) is 15.1. The van der Waals surface area contributed by atoms with Crippen LogP contribution in [0.25, 0.3) is 21.9 Å². The van der Waals surface area contributed by atoms with Crippen LogP contribution in [-0.4, -0.2) is 19.9 Å². The fourth-order valence-electron chi connectivity index (χ4n) is 2.39. The molecule has 108 valence electrons. The molecule has 0 saturated carbocycles. The Balaban J connectivity index is 1.75. The average molecular weight is 292 g/mol. The monoisotopic (exact) mass is 292 g/mol. The molecule has 0 saturated heterocycles. The zero-order valence-electron chi connectivity index (χ0n) is 11.4. The van der Waals surface area contributed by atoms with E-state index in [1.54, 1.807) is 0 Å². The quantitative estimate of drug-likeness (QED) is 0.452. The van der Waals surface area contributed by atoms with Gasteiger partial charge in [-0.3, -0.25) is 9.78 Å². The molecule has 0 fully saturated rings. The van der Waals surface area contributed by atoms with E-state index in [2.05, 4.69) is 25.3 Å². The van der Waals surface area contributed by atoms with E-state index in [9.17, 15) is 4.79 Å². The summed E-state index contributed by atoms with van der Waals surface area (Å²) in [7, 11) is 0. The first-order valence-corrected chi connectivity index (χ1v) is 6.70. The average Bonchev–Trinajstić information content (AvgIpc) is 2.90. The van der Waals surface area contributed by atoms with Crippen molar-refractivity contribution in [3.8, 4) is 0 Å². The highest BCUT2D eigenvalue weighted by atomic mass is 16.1. The summed E-state index contributed by atoms with van der Waals surface area (Å²) in [6, 6.07) is 14.0. The summed E-state index contributed by atoms with van der Waals surface area (Å²) in [6.07, 6.45) is 0. The van der Waals surface area contributed by atoms with Gasteiger partial charge >= 0.3 is 0 Å². The van der Waals surface area contributed by atoms with E-state index in [4.69, 9.17) is 5.73 Å². The highest BCUT2D eigenvalue weighted by molar-refractivity contribution is 5.86. The van der Waals surface area contributed by atoms with Crippen molar-refractivity contribution in [1.82, 2.24) is 19.9 Å². The van der Waals surface area contributed by atoms with E-state index in [0.29, 0.717) is 5.95 Å². The lowest BCUT2D eigenvalue weighted by atomic mass is 10.1. The van der Waals surface area contributed by atoms with Gasteiger partial charge in [-0.1, -0.05) is 30.3 Å². The van der Waals surface area contributed by atoms with Crippen molar-refractivity contribution in [2.75, 3.05) is 11.1 Å². The van der Waals surface area contributed by atoms with E-state index in [1.807, 2.05) is 42.5 Å². The Morgan fingerprint density at radius 1 is 1.00 bits per heavy atom. The lowest BCUT2D eigenvalue weighted by molar-refractivity contribution is 1.17. The van der Waals surface area contributed by atoms with Gasteiger partial charge in [-0.2, -0.15) is 9.97 Å². The van der Waals surface area contributed by atoms with Crippen LogP contribution in [0, 0.1) is 0 Å². The molecule has 0 bridgehead atoms. The first kappa shape index (κ1) is 12.4. The van der Waals surface area contributed by atoms with Crippen molar-refractivity contribution < 1.29 is 0 Å². The Morgan fingerprint density at radius 3 is 2.68 bits per heavy atom. The highest BCUT2D eigenvalue weighted by Crippen LogP contribution is 2.21. The van der Waals surface area contributed by atoms with Gasteiger partial charge < -0.3 is 16.0 Å². The number of hydrogen-bond acceptors (Lipinski definition) is 5. The van der Waals surface area contributed by atoms with Crippen LogP contribution in [0.1, 0.15) is 0 Å². The summed E-state index contributed by atoms with van der Waals surface area (Å²) in [4.78, 5) is 25.3. The van der Waals surface area contributed by atoms with E-state index in [1.165, 1.54) is 0 Å². The van der Waals surface area contributed by atoms with Crippen LogP contribution >= 0.6 is 0 Å². The summed E-state index contributed by atoms with van der Waals surface area (Å²) >= 11 is 0. The Bertz CT molecular complexity index is 1050. The molecule has 0 spiro atoms. The fourth-order valence-corrected chi connectivity index (χ4v) is 2.39. The maximum atomic E-state index is 11.8. The zero-order valence-corrected chi connectivity index (χ0v) is 11.4. The second-order valence-corrected chi connectivity index (χ2v) is 4.92. The molecule has 7 nitrogen and oxygen atoms in total. The number of rotatable bonds is 2. The molecule has 7 heteroatoms. The number of hydrogen-bond donors (Lipinski definition) is 4. The van der Waals surface area contributed by atoms with Crippen molar-refractivity contribution in [3.63, 3.8) is 0 Å². The Labute approximate surface area is 124 Å². The van der Waals surface area contributed by atoms with Gasteiger partial charge in [-0.15, -0.1) is 0 Å². The third-order valence-corrected chi connectivity index (χ3v) is 3.39. The van der Waals surface area contributed by atoms with Gasteiger partial charge in [0.2, 0.25) is 11.9 Å². The molecule has 4 rings (SSSR count). The topological polar surface area (TPSA) is 112 Å². The second-order valence-electron chi connectivity index (χ2n) is 4.92. The number of aromatic nitrogens is 4. The smallest absolute Gasteiger partial charge is 0.278 e. The molecule has 5 N–H and O–H groups in total.